The summed E-state index contributed by atoms with van der Waals surface area (Å²) >= 11 is 0. The van der Waals surface area contributed by atoms with Gasteiger partial charge in [-0.1, -0.05) is 6.07 Å². The maximum atomic E-state index is 13.6. The highest BCUT2D eigenvalue weighted by atomic mass is 19.1. The van der Waals surface area contributed by atoms with Gasteiger partial charge in [0.1, 0.15) is 0 Å². The van der Waals surface area contributed by atoms with E-state index >= 15 is 0 Å². The molecular formula is C17H21FN2O3. The molecule has 2 amide bonds. The van der Waals surface area contributed by atoms with Crippen LogP contribution in [0.25, 0.3) is 6.08 Å². The third kappa shape index (κ3) is 4.09. The number of carbonyl (C=O) groups is 2. The van der Waals surface area contributed by atoms with Gasteiger partial charge in [0.2, 0.25) is 11.8 Å². The van der Waals surface area contributed by atoms with Crippen LogP contribution in [-0.2, 0) is 9.59 Å². The van der Waals surface area contributed by atoms with Crippen molar-refractivity contribution in [2.24, 2.45) is 11.7 Å². The van der Waals surface area contributed by atoms with E-state index < -0.39 is 5.82 Å². The van der Waals surface area contributed by atoms with Crippen LogP contribution in [0.3, 0.4) is 0 Å². The van der Waals surface area contributed by atoms with Crippen LogP contribution in [0.1, 0.15) is 25.3 Å². The van der Waals surface area contributed by atoms with Crippen LogP contribution in [-0.4, -0.2) is 36.4 Å². The Hall–Kier alpha value is -2.37. The number of ether oxygens (including phenoxy) is 1. The van der Waals surface area contributed by atoms with E-state index in [0.29, 0.717) is 18.5 Å². The van der Waals surface area contributed by atoms with Gasteiger partial charge in [0, 0.05) is 18.7 Å². The molecule has 2 rings (SSSR count). The summed E-state index contributed by atoms with van der Waals surface area (Å²) in [4.78, 5) is 25.3. The Bertz CT molecular complexity index is 630. The number of nitrogens with zero attached hydrogens (tertiary/aromatic N) is 1. The first-order valence-corrected chi connectivity index (χ1v) is 7.54. The van der Waals surface area contributed by atoms with Crippen LogP contribution in [0.5, 0.6) is 5.75 Å². The number of rotatable bonds is 4. The van der Waals surface area contributed by atoms with E-state index in [-0.39, 0.29) is 29.5 Å². The van der Waals surface area contributed by atoms with E-state index in [9.17, 15) is 14.0 Å². The number of piperidine rings is 1. The monoisotopic (exact) mass is 320 g/mol. The minimum Gasteiger partial charge on any atom is -0.494 e. The van der Waals surface area contributed by atoms with Crippen LogP contribution in [0, 0.1) is 11.7 Å². The third-order valence-electron chi connectivity index (χ3n) is 4.16. The summed E-state index contributed by atoms with van der Waals surface area (Å²) in [5, 5.41) is 0. The predicted octanol–water partition coefficient (Wildman–Crippen LogP) is 1.96. The fourth-order valence-electron chi connectivity index (χ4n) is 2.70. The van der Waals surface area contributed by atoms with Gasteiger partial charge in [-0.2, -0.15) is 0 Å². The maximum Gasteiger partial charge on any atom is 0.246 e. The Morgan fingerprint density at radius 2 is 2.13 bits per heavy atom. The molecule has 1 aliphatic rings. The highest BCUT2D eigenvalue weighted by Gasteiger charge is 2.30. The summed E-state index contributed by atoms with van der Waals surface area (Å²) in [6.07, 6.45) is 4.38. The van der Waals surface area contributed by atoms with Crippen molar-refractivity contribution in [2.45, 2.75) is 25.8 Å². The number of halogens is 1. The fraction of sp³-hybridized carbons (Fsp3) is 0.412. The largest absolute Gasteiger partial charge is 0.494 e. The zero-order valence-corrected chi connectivity index (χ0v) is 13.3. The molecule has 2 atom stereocenters. The van der Waals surface area contributed by atoms with Gasteiger partial charge >= 0.3 is 0 Å². The van der Waals surface area contributed by atoms with Crippen molar-refractivity contribution in [1.82, 2.24) is 4.90 Å². The summed E-state index contributed by atoms with van der Waals surface area (Å²) in [6.45, 7) is 2.27. The lowest BCUT2D eigenvalue weighted by Crippen LogP contribution is -2.48. The standard InChI is InChI=1S/C17H21FN2O3/c1-11-3-6-13(17(19)22)10-20(11)16(21)8-5-12-4-7-15(23-2)14(18)9-12/h4-5,7-9,11,13H,3,6,10H2,1-2H3,(H2,19,22)/b8-5+/t11-,13-/m1/s1. The van der Waals surface area contributed by atoms with E-state index in [0.717, 1.165) is 6.42 Å². The van der Waals surface area contributed by atoms with Gasteiger partial charge in [-0.15, -0.1) is 0 Å². The van der Waals surface area contributed by atoms with E-state index in [1.165, 1.54) is 25.3 Å². The number of carbonyl (C=O) groups excluding carboxylic acids is 2. The number of methoxy groups -OCH3 is 1. The van der Waals surface area contributed by atoms with Gasteiger partial charge in [0.15, 0.2) is 11.6 Å². The number of nitrogens with two attached hydrogens (primary N) is 1. The first-order valence-electron chi connectivity index (χ1n) is 7.54. The first-order chi connectivity index (χ1) is 10.9. The lowest BCUT2D eigenvalue weighted by molar-refractivity contribution is -0.133. The molecule has 0 radical (unpaired) electrons. The minimum atomic E-state index is -0.484. The smallest absolute Gasteiger partial charge is 0.246 e. The van der Waals surface area contributed by atoms with Crippen LogP contribution < -0.4 is 10.5 Å². The predicted molar refractivity (Wildman–Crippen MR) is 85.1 cm³/mol. The molecule has 0 aliphatic carbocycles. The fourth-order valence-corrected chi connectivity index (χ4v) is 2.70. The van der Waals surface area contributed by atoms with Crippen LogP contribution in [0.4, 0.5) is 4.39 Å². The van der Waals surface area contributed by atoms with Crippen molar-refractivity contribution >= 4 is 17.9 Å². The Labute approximate surface area is 134 Å². The topological polar surface area (TPSA) is 72.6 Å². The molecule has 124 valence electrons. The van der Waals surface area contributed by atoms with Crippen molar-refractivity contribution in [3.05, 3.63) is 35.7 Å². The number of likely N-dealkylation sites (tertiary alicyclic amines) is 1. The van der Waals surface area contributed by atoms with Crippen molar-refractivity contribution in [1.29, 1.82) is 0 Å². The van der Waals surface area contributed by atoms with Crippen LogP contribution in [0.2, 0.25) is 0 Å². The van der Waals surface area contributed by atoms with Gasteiger partial charge in [-0.3, -0.25) is 9.59 Å². The molecule has 0 saturated carbocycles. The SMILES string of the molecule is COc1ccc(/C=C/C(=O)N2C[C@H](C(N)=O)CC[C@H]2C)cc1F. The van der Waals surface area contributed by atoms with Gasteiger partial charge in [-0.25, -0.2) is 4.39 Å². The number of hydrogen-bond acceptors (Lipinski definition) is 3. The molecule has 0 spiro atoms. The molecule has 1 aliphatic heterocycles. The Morgan fingerprint density at radius 3 is 2.74 bits per heavy atom. The van der Waals surface area contributed by atoms with E-state index in [1.807, 2.05) is 6.92 Å². The summed E-state index contributed by atoms with van der Waals surface area (Å²) in [6, 6.07) is 4.52. The molecule has 1 aromatic carbocycles. The molecule has 1 aromatic rings. The summed E-state index contributed by atoms with van der Waals surface area (Å²) in [7, 11) is 1.39. The Kier molecular flexibility index (Phi) is 5.36. The van der Waals surface area contributed by atoms with Gasteiger partial charge in [0.05, 0.1) is 13.0 Å². The second-order valence-electron chi connectivity index (χ2n) is 5.74. The third-order valence-corrected chi connectivity index (χ3v) is 4.16. The van der Waals surface area contributed by atoms with Crippen LogP contribution >= 0.6 is 0 Å². The molecule has 1 heterocycles. The molecule has 1 saturated heterocycles. The second-order valence-corrected chi connectivity index (χ2v) is 5.74. The zero-order valence-electron chi connectivity index (χ0n) is 13.3. The molecule has 5 nitrogen and oxygen atoms in total. The number of hydrogen-bond donors (Lipinski definition) is 1. The number of benzene rings is 1. The lowest BCUT2D eigenvalue weighted by Gasteiger charge is -2.36. The highest BCUT2D eigenvalue weighted by Crippen LogP contribution is 2.22. The average Bonchev–Trinajstić information content (AvgIpc) is 2.53. The maximum absolute atomic E-state index is 13.6. The molecule has 6 heteroatoms. The second kappa shape index (κ2) is 7.26. The average molecular weight is 320 g/mol. The molecule has 23 heavy (non-hydrogen) atoms. The zero-order chi connectivity index (χ0) is 17.0. The lowest BCUT2D eigenvalue weighted by atomic mass is 9.93. The van der Waals surface area contributed by atoms with Gasteiger partial charge in [0.25, 0.3) is 0 Å². The van der Waals surface area contributed by atoms with Gasteiger partial charge in [-0.05, 0) is 43.5 Å². The van der Waals surface area contributed by atoms with E-state index in [2.05, 4.69) is 0 Å². The summed E-state index contributed by atoms with van der Waals surface area (Å²) < 4.78 is 18.5. The first kappa shape index (κ1) is 17.0. The van der Waals surface area contributed by atoms with E-state index in [1.54, 1.807) is 17.0 Å². The number of amides is 2. The van der Waals surface area contributed by atoms with Crippen molar-refractivity contribution < 1.29 is 18.7 Å². The van der Waals surface area contributed by atoms with Crippen molar-refractivity contribution in [2.75, 3.05) is 13.7 Å². The van der Waals surface area contributed by atoms with Crippen LogP contribution in [0.15, 0.2) is 24.3 Å². The quantitative estimate of drug-likeness (QED) is 0.862. The molecule has 0 unspecified atom stereocenters. The minimum absolute atomic E-state index is 0.0513. The summed E-state index contributed by atoms with van der Waals surface area (Å²) in [5.41, 5.74) is 5.90. The number of primary amides is 1. The Morgan fingerprint density at radius 1 is 1.39 bits per heavy atom. The normalized spacial score (nSPS) is 21.4. The summed E-state index contributed by atoms with van der Waals surface area (Å²) in [5.74, 6) is -1.22. The van der Waals surface area contributed by atoms with Crippen molar-refractivity contribution in [3.8, 4) is 5.75 Å². The van der Waals surface area contributed by atoms with Crippen molar-refractivity contribution in [3.63, 3.8) is 0 Å². The molecule has 1 fully saturated rings. The Balaban J connectivity index is 2.07. The molecule has 0 aromatic heterocycles. The molecule has 2 N–H and O–H groups in total. The highest BCUT2D eigenvalue weighted by molar-refractivity contribution is 5.92. The molecular weight excluding hydrogens is 299 g/mol. The molecule has 0 bridgehead atoms. The van der Waals surface area contributed by atoms with E-state index in [4.69, 9.17) is 10.5 Å². The van der Waals surface area contributed by atoms with Gasteiger partial charge < -0.3 is 15.4 Å².